The Bertz CT molecular complexity index is 368. The number of carbonyl (C=O) groups is 1. The Morgan fingerprint density at radius 3 is 2.67 bits per heavy atom. The lowest BCUT2D eigenvalue weighted by Gasteiger charge is -2.35. The first-order chi connectivity index (χ1) is 8.46. The van der Waals surface area contributed by atoms with Crippen molar-refractivity contribution in [2.75, 3.05) is 13.2 Å². The summed E-state index contributed by atoms with van der Waals surface area (Å²) >= 11 is 0. The minimum atomic E-state index is -1.32. The zero-order chi connectivity index (χ0) is 13.0. The van der Waals surface area contributed by atoms with Crippen molar-refractivity contribution in [2.45, 2.75) is 57.3 Å². The molecule has 2 unspecified atom stereocenters. The van der Waals surface area contributed by atoms with Crippen molar-refractivity contribution >= 4 is 5.78 Å². The van der Waals surface area contributed by atoms with Gasteiger partial charge in [-0.25, -0.2) is 0 Å². The van der Waals surface area contributed by atoms with Gasteiger partial charge < -0.3 is 23.7 Å². The fourth-order valence-corrected chi connectivity index (χ4v) is 2.52. The molecule has 18 heavy (non-hydrogen) atoms. The predicted octanol–water partition coefficient (Wildman–Crippen LogP) is 0.585. The van der Waals surface area contributed by atoms with Crippen LogP contribution in [0.2, 0.25) is 0 Å². The molecule has 3 aliphatic heterocycles. The van der Waals surface area contributed by atoms with E-state index < -0.39 is 17.7 Å². The van der Waals surface area contributed by atoms with Crippen LogP contribution in [0, 0.1) is 0 Å². The van der Waals surface area contributed by atoms with Gasteiger partial charge in [-0.05, 0) is 20.3 Å². The highest BCUT2D eigenvalue weighted by molar-refractivity contribution is 5.92. The number of carbonyl (C=O) groups excluding carboxylic acids is 1. The summed E-state index contributed by atoms with van der Waals surface area (Å²) in [6.07, 6.45) is -0.574. The molecular formula is C12H18O6. The van der Waals surface area contributed by atoms with Gasteiger partial charge in [0.2, 0.25) is 5.78 Å². The molecule has 0 bridgehead atoms. The van der Waals surface area contributed by atoms with E-state index in [1.165, 1.54) is 0 Å². The number of hydrogen-bond acceptors (Lipinski definition) is 6. The first-order valence-corrected chi connectivity index (χ1v) is 6.29. The normalized spacial score (nSPS) is 46.6. The van der Waals surface area contributed by atoms with Crippen molar-refractivity contribution in [3.63, 3.8) is 0 Å². The summed E-state index contributed by atoms with van der Waals surface area (Å²) in [5.41, 5.74) is 0. The molecule has 3 fully saturated rings. The molecule has 3 heterocycles. The van der Waals surface area contributed by atoms with Crippen molar-refractivity contribution in [3.05, 3.63) is 0 Å². The van der Waals surface area contributed by atoms with E-state index in [2.05, 4.69) is 0 Å². The summed E-state index contributed by atoms with van der Waals surface area (Å²) in [6, 6.07) is 0. The highest BCUT2D eigenvalue weighted by Crippen LogP contribution is 2.39. The van der Waals surface area contributed by atoms with Crippen LogP contribution in [0.1, 0.15) is 27.2 Å². The highest BCUT2D eigenvalue weighted by Gasteiger charge is 2.61. The maximum atomic E-state index is 12.4. The molecule has 3 saturated heterocycles. The van der Waals surface area contributed by atoms with Gasteiger partial charge in [-0.1, -0.05) is 6.92 Å². The summed E-state index contributed by atoms with van der Waals surface area (Å²) in [5, 5.41) is 0. The molecule has 3 aliphatic rings. The molecule has 0 radical (unpaired) electrons. The maximum Gasteiger partial charge on any atom is 0.258 e. The molecule has 0 N–H and O–H groups in total. The highest BCUT2D eigenvalue weighted by atomic mass is 16.8. The van der Waals surface area contributed by atoms with E-state index in [0.29, 0.717) is 6.42 Å². The second kappa shape index (κ2) is 3.98. The molecule has 0 aromatic rings. The molecule has 6 nitrogen and oxygen atoms in total. The Morgan fingerprint density at radius 2 is 2.06 bits per heavy atom. The Morgan fingerprint density at radius 1 is 1.28 bits per heavy atom. The average Bonchev–Trinajstić information content (AvgIpc) is 2.87. The van der Waals surface area contributed by atoms with Gasteiger partial charge in [0, 0.05) is 0 Å². The van der Waals surface area contributed by atoms with Crippen molar-refractivity contribution in [2.24, 2.45) is 0 Å². The van der Waals surface area contributed by atoms with Crippen LogP contribution in [0.15, 0.2) is 0 Å². The molecule has 6 heteroatoms. The van der Waals surface area contributed by atoms with Crippen LogP contribution in [0.25, 0.3) is 0 Å². The lowest BCUT2D eigenvalue weighted by atomic mass is 9.99. The number of Topliss-reactive ketones (excluding diaryl/α,β-unsaturated/α-hetero) is 1. The Balaban J connectivity index is 1.80. The molecule has 4 atom stereocenters. The number of rotatable bonds is 1. The zero-order valence-electron chi connectivity index (χ0n) is 10.8. The molecule has 0 aromatic carbocycles. The van der Waals surface area contributed by atoms with Gasteiger partial charge >= 0.3 is 0 Å². The molecule has 0 amide bonds. The van der Waals surface area contributed by atoms with Crippen LogP contribution in [-0.2, 0) is 28.5 Å². The molecule has 3 rings (SSSR count). The van der Waals surface area contributed by atoms with E-state index in [9.17, 15) is 4.79 Å². The third-order valence-electron chi connectivity index (χ3n) is 3.43. The van der Waals surface area contributed by atoms with Crippen LogP contribution in [-0.4, -0.2) is 49.1 Å². The average molecular weight is 258 g/mol. The summed E-state index contributed by atoms with van der Waals surface area (Å²) in [5.74, 6) is -2.37. The largest absolute Gasteiger partial charge is 0.344 e. The first-order valence-electron chi connectivity index (χ1n) is 6.29. The molecule has 102 valence electrons. The van der Waals surface area contributed by atoms with E-state index >= 15 is 0 Å². The van der Waals surface area contributed by atoms with Gasteiger partial charge in [0.15, 0.2) is 18.2 Å². The lowest BCUT2D eigenvalue weighted by molar-refractivity contribution is -0.263. The van der Waals surface area contributed by atoms with Gasteiger partial charge in [0.05, 0.1) is 6.61 Å². The number of ether oxygens (including phenoxy) is 5. The minimum Gasteiger partial charge on any atom is -0.344 e. The van der Waals surface area contributed by atoms with Crippen molar-refractivity contribution in [3.8, 4) is 0 Å². The summed E-state index contributed by atoms with van der Waals surface area (Å²) in [7, 11) is 0. The molecule has 0 aromatic heterocycles. The van der Waals surface area contributed by atoms with Crippen LogP contribution in [0.5, 0.6) is 0 Å². The van der Waals surface area contributed by atoms with E-state index in [4.69, 9.17) is 23.7 Å². The fourth-order valence-electron chi connectivity index (χ4n) is 2.52. The summed E-state index contributed by atoms with van der Waals surface area (Å²) in [6.45, 7) is 5.84. The van der Waals surface area contributed by atoms with Gasteiger partial charge in [0.1, 0.15) is 12.7 Å². The second-order valence-corrected chi connectivity index (χ2v) is 5.29. The molecule has 0 saturated carbocycles. The van der Waals surface area contributed by atoms with Crippen LogP contribution < -0.4 is 0 Å². The topological polar surface area (TPSA) is 63.2 Å². The number of hydrogen-bond donors (Lipinski definition) is 0. The quantitative estimate of drug-likeness (QED) is 0.685. The fraction of sp³-hybridized carbons (Fsp3) is 0.917. The van der Waals surface area contributed by atoms with E-state index in [0.717, 1.165) is 0 Å². The zero-order valence-corrected chi connectivity index (χ0v) is 10.8. The van der Waals surface area contributed by atoms with E-state index in [-0.39, 0.29) is 31.4 Å². The van der Waals surface area contributed by atoms with Gasteiger partial charge in [-0.2, -0.15) is 0 Å². The minimum absolute atomic E-state index is 0.0994. The lowest BCUT2D eigenvalue weighted by Crippen LogP contribution is -2.58. The van der Waals surface area contributed by atoms with Crippen LogP contribution >= 0.6 is 0 Å². The predicted molar refractivity (Wildman–Crippen MR) is 58.6 cm³/mol. The van der Waals surface area contributed by atoms with Crippen molar-refractivity contribution in [1.29, 1.82) is 0 Å². The Labute approximate surface area is 105 Å². The summed E-state index contributed by atoms with van der Waals surface area (Å²) < 4.78 is 27.8. The van der Waals surface area contributed by atoms with E-state index in [1.54, 1.807) is 13.8 Å². The smallest absolute Gasteiger partial charge is 0.258 e. The van der Waals surface area contributed by atoms with Gasteiger partial charge in [-0.15, -0.1) is 0 Å². The summed E-state index contributed by atoms with van der Waals surface area (Å²) in [4.78, 5) is 12.4. The second-order valence-electron chi connectivity index (χ2n) is 5.29. The third-order valence-corrected chi connectivity index (χ3v) is 3.43. The first kappa shape index (κ1) is 12.5. The molecular weight excluding hydrogens is 240 g/mol. The van der Waals surface area contributed by atoms with Crippen LogP contribution in [0.4, 0.5) is 0 Å². The SMILES string of the molecule is CCC1OC2C(=O)[C@@]3(COC(C)(C)O3)OC[C@H]2O1. The molecule has 1 spiro atoms. The molecule has 0 aliphatic carbocycles. The number of fused-ring (bicyclic) bond motifs is 1. The third kappa shape index (κ3) is 1.80. The van der Waals surface area contributed by atoms with Gasteiger partial charge in [-0.3, -0.25) is 4.79 Å². The maximum absolute atomic E-state index is 12.4. The van der Waals surface area contributed by atoms with Gasteiger partial charge in [0.25, 0.3) is 5.79 Å². The van der Waals surface area contributed by atoms with E-state index in [1.807, 2.05) is 6.92 Å². The Hall–Kier alpha value is -0.530. The monoisotopic (exact) mass is 258 g/mol. The Kier molecular flexibility index (Phi) is 2.76. The van der Waals surface area contributed by atoms with Crippen molar-refractivity contribution in [1.82, 2.24) is 0 Å². The number of ketones is 1. The standard InChI is InChI=1S/C12H18O6/c1-4-8-16-7-5-14-12(10(13)9(7)17-8)6-15-11(2,3)18-12/h7-9H,4-6H2,1-3H3/t7-,8?,9?,12+/m1/s1. The van der Waals surface area contributed by atoms with Crippen LogP contribution in [0.3, 0.4) is 0 Å². The van der Waals surface area contributed by atoms with Crippen molar-refractivity contribution < 1.29 is 28.5 Å².